The molecule has 1 heterocycles. The van der Waals surface area contributed by atoms with Crippen molar-refractivity contribution in [1.82, 2.24) is 0 Å². The van der Waals surface area contributed by atoms with E-state index in [9.17, 15) is 0 Å². The van der Waals surface area contributed by atoms with Gasteiger partial charge in [-0.3, -0.25) is 0 Å². The number of alkyl halides is 1. The second-order valence-corrected chi connectivity index (χ2v) is 5.72. The molecule has 0 bridgehead atoms. The third-order valence-corrected chi connectivity index (χ3v) is 4.42. The molecule has 2 aromatic carbocycles. The summed E-state index contributed by atoms with van der Waals surface area (Å²) in [6.45, 7) is 0.540. The molecule has 2 nitrogen and oxygen atoms in total. The van der Waals surface area contributed by atoms with Gasteiger partial charge in [0.05, 0.1) is 11.9 Å². The SMILES string of the molecule is Clc1ccc([C@]2(CBr)OC[C@H](c3ccccc3)O2)cc1. The van der Waals surface area contributed by atoms with Crippen LogP contribution in [0.2, 0.25) is 5.02 Å². The van der Waals surface area contributed by atoms with Crippen molar-refractivity contribution in [2.75, 3.05) is 11.9 Å². The maximum Gasteiger partial charge on any atom is 0.205 e. The Hall–Kier alpha value is -0.870. The molecule has 1 aliphatic heterocycles. The number of hydrogen-bond acceptors (Lipinski definition) is 2. The van der Waals surface area contributed by atoms with Gasteiger partial charge in [-0.1, -0.05) is 70.0 Å². The summed E-state index contributed by atoms with van der Waals surface area (Å²) in [6.07, 6.45) is -0.0515. The lowest BCUT2D eigenvalue weighted by Crippen LogP contribution is -2.29. The third-order valence-electron chi connectivity index (χ3n) is 3.43. The summed E-state index contributed by atoms with van der Waals surface area (Å²) in [5, 5.41) is 1.28. The Morgan fingerprint density at radius 1 is 1.10 bits per heavy atom. The number of ether oxygens (including phenoxy) is 2. The molecule has 1 fully saturated rings. The Morgan fingerprint density at radius 3 is 2.45 bits per heavy atom. The highest BCUT2D eigenvalue weighted by Crippen LogP contribution is 2.41. The van der Waals surface area contributed by atoms with E-state index in [4.69, 9.17) is 21.1 Å². The average molecular weight is 354 g/mol. The van der Waals surface area contributed by atoms with Gasteiger partial charge in [0, 0.05) is 10.6 Å². The van der Waals surface area contributed by atoms with E-state index >= 15 is 0 Å². The fourth-order valence-electron chi connectivity index (χ4n) is 2.34. The zero-order valence-electron chi connectivity index (χ0n) is 10.8. The van der Waals surface area contributed by atoms with E-state index in [0.717, 1.165) is 11.1 Å². The zero-order chi connectivity index (χ0) is 14.0. The van der Waals surface area contributed by atoms with Crippen LogP contribution >= 0.6 is 27.5 Å². The van der Waals surface area contributed by atoms with Crippen molar-refractivity contribution in [3.05, 3.63) is 70.7 Å². The van der Waals surface area contributed by atoms with Crippen LogP contribution in [-0.2, 0) is 15.3 Å². The summed E-state index contributed by atoms with van der Waals surface area (Å²) in [5.41, 5.74) is 2.10. The molecule has 0 spiro atoms. The van der Waals surface area contributed by atoms with Crippen molar-refractivity contribution in [1.29, 1.82) is 0 Å². The zero-order valence-corrected chi connectivity index (χ0v) is 13.1. The predicted octanol–water partition coefficient (Wildman–Crippen LogP) is 4.68. The lowest BCUT2D eigenvalue weighted by Gasteiger charge is -2.26. The summed E-state index contributed by atoms with van der Waals surface area (Å²) in [7, 11) is 0. The standard InChI is InChI=1S/C16H14BrClO2/c17-11-16(13-6-8-14(18)9-7-13)19-10-15(20-16)12-4-2-1-3-5-12/h1-9,15H,10-11H2/t15-,16-/m1/s1. The summed E-state index contributed by atoms with van der Waals surface area (Å²) in [5.74, 6) is -0.745. The molecule has 0 amide bonds. The summed E-state index contributed by atoms with van der Waals surface area (Å²) < 4.78 is 12.2. The van der Waals surface area contributed by atoms with Gasteiger partial charge in [-0.05, 0) is 17.7 Å². The first-order chi connectivity index (χ1) is 9.73. The minimum absolute atomic E-state index is 0.0515. The Morgan fingerprint density at radius 2 is 1.80 bits per heavy atom. The molecule has 2 aromatic rings. The minimum Gasteiger partial charge on any atom is -0.342 e. The van der Waals surface area contributed by atoms with Gasteiger partial charge in [0.2, 0.25) is 5.79 Å². The maximum absolute atomic E-state index is 6.20. The summed E-state index contributed by atoms with van der Waals surface area (Å²) in [6, 6.07) is 17.7. The molecule has 3 rings (SSSR count). The minimum atomic E-state index is -0.745. The molecule has 1 aliphatic rings. The van der Waals surface area contributed by atoms with Gasteiger partial charge in [0.15, 0.2) is 0 Å². The molecule has 20 heavy (non-hydrogen) atoms. The van der Waals surface area contributed by atoms with Crippen molar-refractivity contribution in [3.63, 3.8) is 0 Å². The van der Waals surface area contributed by atoms with Gasteiger partial charge in [-0.15, -0.1) is 0 Å². The van der Waals surface area contributed by atoms with Crippen molar-refractivity contribution in [3.8, 4) is 0 Å². The van der Waals surface area contributed by atoms with Crippen LogP contribution < -0.4 is 0 Å². The largest absolute Gasteiger partial charge is 0.342 e. The van der Waals surface area contributed by atoms with E-state index in [1.165, 1.54) is 0 Å². The first-order valence-electron chi connectivity index (χ1n) is 6.42. The van der Waals surface area contributed by atoms with E-state index in [-0.39, 0.29) is 6.10 Å². The van der Waals surface area contributed by atoms with E-state index in [1.807, 2.05) is 42.5 Å². The van der Waals surface area contributed by atoms with Gasteiger partial charge < -0.3 is 9.47 Å². The quantitative estimate of drug-likeness (QED) is 0.746. The highest BCUT2D eigenvalue weighted by Gasteiger charge is 2.42. The van der Waals surface area contributed by atoms with Crippen molar-refractivity contribution in [2.24, 2.45) is 0 Å². The lowest BCUT2D eigenvalue weighted by atomic mass is 10.1. The highest BCUT2D eigenvalue weighted by molar-refractivity contribution is 9.09. The molecule has 0 unspecified atom stereocenters. The molecule has 0 saturated carbocycles. The van der Waals surface area contributed by atoms with E-state index in [1.54, 1.807) is 0 Å². The first kappa shape index (κ1) is 14.1. The number of halogens is 2. The highest BCUT2D eigenvalue weighted by atomic mass is 79.9. The van der Waals surface area contributed by atoms with E-state index in [2.05, 4.69) is 28.1 Å². The molecule has 0 radical (unpaired) electrons. The van der Waals surface area contributed by atoms with Gasteiger partial charge in [-0.25, -0.2) is 0 Å². The van der Waals surface area contributed by atoms with Gasteiger partial charge in [0.1, 0.15) is 6.10 Å². The van der Waals surface area contributed by atoms with E-state index < -0.39 is 5.79 Å². The van der Waals surface area contributed by atoms with Crippen LogP contribution in [0.4, 0.5) is 0 Å². The van der Waals surface area contributed by atoms with E-state index in [0.29, 0.717) is 17.0 Å². The smallest absolute Gasteiger partial charge is 0.205 e. The lowest BCUT2D eigenvalue weighted by molar-refractivity contribution is -0.157. The van der Waals surface area contributed by atoms with Gasteiger partial charge >= 0.3 is 0 Å². The van der Waals surface area contributed by atoms with Crippen LogP contribution in [0.25, 0.3) is 0 Å². The summed E-state index contributed by atoms with van der Waals surface area (Å²) >= 11 is 9.44. The first-order valence-corrected chi connectivity index (χ1v) is 7.92. The molecule has 2 atom stereocenters. The summed E-state index contributed by atoms with van der Waals surface area (Å²) in [4.78, 5) is 0. The maximum atomic E-state index is 6.20. The monoisotopic (exact) mass is 352 g/mol. The fraction of sp³-hybridized carbons (Fsp3) is 0.250. The molecule has 0 aromatic heterocycles. The topological polar surface area (TPSA) is 18.5 Å². The normalized spacial score (nSPS) is 25.8. The second-order valence-electron chi connectivity index (χ2n) is 4.72. The van der Waals surface area contributed by atoms with Crippen LogP contribution in [0.5, 0.6) is 0 Å². The Balaban J connectivity index is 1.87. The molecule has 0 aliphatic carbocycles. The van der Waals surface area contributed by atoms with Gasteiger partial charge in [-0.2, -0.15) is 0 Å². The third kappa shape index (κ3) is 2.63. The molecular weight excluding hydrogens is 340 g/mol. The van der Waals surface area contributed by atoms with Crippen LogP contribution in [0.3, 0.4) is 0 Å². The molecule has 0 N–H and O–H groups in total. The van der Waals surface area contributed by atoms with Crippen molar-refractivity contribution < 1.29 is 9.47 Å². The Bertz CT molecular complexity index is 573. The molecule has 1 saturated heterocycles. The van der Waals surface area contributed by atoms with Crippen molar-refractivity contribution in [2.45, 2.75) is 11.9 Å². The second kappa shape index (κ2) is 5.86. The Labute approximate surface area is 131 Å². The molecule has 4 heteroatoms. The number of benzene rings is 2. The van der Waals surface area contributed by atoms with Crippen molar-refractivity contribution >= 4 is 27.5 Å². The van der Waals surface area contributed by atoms with Crippen LogP contribution in [0, 0.1) is 0 Å². The number of hydrogen-bond donors (Lipinski definition) is 0. The fourth-order valence-corrected chi connectivity index (χ4v) is 3.09. The average Bonchev–Trinajstić information content (AvgIpc) is 2.95. The van der Waals surface area contributed by atoms with Crippen LogP contribution in [0.1, 0.15) is 17.2 Å². The molecular formula is C16H14BrClO2. The number of rotatable bonds is 3. The van der Waals surface area contributed by atoms with Gasteiger partial charge in [0.25, 0.3) is 0 Å². The van der Waals surface area contributed by atoms with Crippen LogP contribution in [0.15, 0.2) is 54.6 Å². The predicted molar refractivity (Wildman–Crippen MR) is 83.1 cm³/mol. The Kier molecular flexibility index (Phi) is 4.13. The van der Waals surface area contributed by atoms with Crippen LogP contribution in [-0.4, -0.2) is 11.9 Å². The molecule has 104 valence electrons.